The van der Waals surface area contributed by atoms with Gasteiger partial charge in [-0.2, -0.15) is 0 Å². The molecule has 132 valence electrons. The minimum absolute atomic E-state index is 0.693. The van der Waals surface area contributed by atoms with Crippen LogP contribution in [0.1, 0.15) is 44.1 Å². The predicted octanol–water partition coefficient (Wildman–Crippen LogP) is 4.37. The minimum atomic E-state index is 0.693. The van der Waals surface area contributed by atoms with E-state index >= 15 is 0 Å². The van der Waals surface area contributed by atoms with Crippen molar-refractivity contribution >= 4 is 10.9 Å². The molecular formula is C22H29N2O+. The minimum Gasteiger partial charge on any atom is -0.497 e. The van der Waals surface area contributed by atoms with E-state index in [-0.39, 0.29) is 0 Å². The zero-order chi connectivity index (χ0) is 17.0. The van der Waals surface area contributed by atoms with Crippen LogP contribution in [0.25, 0.3) is 10.9 Å². The van der Waals surface area contributed by atoms with E-state index in [9.17, 15) is 0 Å². The Labute approximate surface area is 150 Å². The molecule has 0 radical (unpaired) electrons. The molecule has 0 saturated carbocycles. The Hall–Kier alpha value is -1.61. The summed E-state index contributed by atoms with van der Waals surface area (Å²) in [5.74, 6) is 3.58. The van der Waals surface area contributed by atoms with Gasteiger partial charge in [0.25, 0.3) is 0 Å². The van der Waals surface area contributed by atoms with E-state index in [0.717, 1.165) is 29.1 Å². The first-order chi connectivity index (χ1) is 12.2. The van der Waals surface area contributed by atoms with Crippen molar-refractivity contribution in [2.24, 2.45) is 11.8 Å². The molecule has 5 heterocycles. The molecule has 4 fully saturated rings. The maximum atomic E-state index is 5.49. The first-order valence-electron chi connectivity index (χ1n) is 10.0. The number of aromatic nitrogens is 1. The van der Waals surface area contributed by atoms with Gasteiger partial charge >= 0.3 is 0 Å². The van der Waals surface area contributed by atoms with Crippen LogP contribution in [-0.4, -0.2) is 42.3 Å². The van der Waals surface area contributed by atoms with Crippen molar-refractivity contribution in [3.63, 3.8) is 0 Å². The number of pyridine rings is 1. The van der Waals surface area contributed by atoms with E-state index in [1.54, 1.807) is 7.11 Å². The summed E-state index contributed by atoms with van der Waals surface area (Å²) in [7, 11) is 1.75. The molecule has 2 bridgehead atoms. The fourth-order valence-corrected chi connectivity index (χ4v) is 6.44. The fourth-order valence-electron chi connectivity index (χ4n) is 6.44. The predicted molar refractivity (Wildman–Crippen MR) is 101 cm³/mol. The number of ether oxygens (including phenoxy) is 1. The topological polar surface area (TPSA) is 22.1 Å². The molecule has 4 aliphatic heterocycles. The van der Waals surface area contributed by atoms with Crippen LogP contribution in [0, 0.1) is 11.8 Å². The van der Waals surface area contributed by atoms with Gasteiger partial charge in [-0.3, -0.25) is 4.98 Å². The van der Waals surface area contributed by atoms with Gasteiger partial charge in [0.05, 0.1) is 38.3 Å². The van der Waals surface area contributed by atoms with Crippen molar-refractivity contribution in [2.45, 2.75) is 44.6 Å². The van der Waals surface area contributed by atoms with E-state index < -0.39 is 0 Å². The van der Waals surface area contributed by atoms with Crippen LogP contribution in [0.3, 0.4) is 0 Å². The third-order valence-electron chi connectivity index (χ3n) is 7.71. The highest BCUT2D eigenvalue weighted by Gasteiger charge is 2.57. The van der Waals surface area contributed by atoms with Gasteiger partial charge in [0.2, 0.25) is 0 Å². The number of hydrogen-bond donors (Lipinski definition) is 0. The highest BCUT2D eigenvalue weighted by atomic mass is 16.5. The third-order valence-corrected chi connectivity index (χ3v) is 7.71. The summed E-state index contributed by atoms with van der Waals surface area (Å²) in [5.41, 5.74) is 2.63. The zero-order valence-electron chi connectivity index (χ0n) is 15.4. The molecule has 5 atom stereocenters. The van der Waals surface area contributed by atoms with Crippen LogP contribution in [0.15, 0.2) is 30.5 Å². The van der Waals surface area contributed by atoms with Gasteiger partial charge < -0.3 is 9.22 Å². The summed E-state index contributed by atoms with van der Waals surface area (Å²) >= 11 is 0. The molecule has 6 rings (SSSR count). The average molecular weight is 337 g/mol. The molecule has 25 heavy (non-hydrogen) atoms. The first-order valence-corrected chi connectivity index (χ1v) is 10.0. The van der Waals surface area contributed by atoms with Crippen LogP contribution in [0.4, 0.5) is 0 Å². The van der Waals surface area contributed by atoms with E-state index in [2.05, 4.69) is 30.1 Å². The van der Waals surface area contributed by atoms with Crippen LogP contribution in [0.2, 0.25) is 0 Å². The fraction of sp³-hybridized carbons (Fsp3) is 0.591. The molecule has 3 nitrogen and oxygen atoms in total. The second-order valence-electron chi connectivity index (χ2n) is 8.55. The van der Waals surface area contributed by atoms with Gasteiger partial charge in [-0.05, 0) is 42.2 Å². The number of nitrogens with zero attached hydrogens (tertiary/aromatic N) is 2. The smallest absolute Gasteiger partial charge is 0.119 e. The summed E-state index contributed by atoms with van der Waals surface area (Å²) < 4.78 is 6.90. The van der Waals surface area contributed by atoms with Crippen molar-refractivity contribution < 1.29 is 9.22 Å². The van der Waals surface area contributed by atoms with Gasteiger partial charge in [0.15, 0.2) is 0 Å². The molecule has 0 amide bonds. The Balaban J connectivity index is 1.56. The molecule has 1 spiro atoms. The Morgan fingerprint density at radius 3 is 2.92 bits per heavy atom. The van der Waals surface area contributed by atoms with Gasteiger partial charge in [-0.15, -0.1) is 0 Å². The number of hydrogen-bond acceptors (Lipinski definition) is 2. The van der Waals surface area contributed by atoms with Crippen molar-refractivity contribution in [1.82, 2.24) is 4.98 Å². The third kappa shape index (κ3) is 2.25. The van der Waals surface area contributed by atoms with Crippen LogP contribution in [0.5, 0.6) is 5.75 Å². The molecule has 2 aromatic rings. The van der Waals surface area contributed by atoms with Crippen molar-refractivity contribution in [3.05, 3.63) is 36.0 Å². The maximum Gasteiger partial charge on any atom is 0.119 e. The number of fused-ring (bicyclic) bond motifs is 3. The Morgan fingerprint density at radius 2 is 2.08 bits per heavy atom. The van der Waals surface area contributed by atoms with Crippen molar-refractivity contribution in [2.75, 3.05) is 26.7 Å². The SMILES string of the molecule is CC[C@H]1C[N@+]23CC[C@H]1C[C@H]2[C@H](c1ccnc2ccc(OC)cc12)CC3. The van der Waals surface area contributed by atoms with Crippen LogP contribution >= 0.6 is 0 Å². The van der Waals surface area contributed by atoms with E-state index in [4.69, 9.17) is 4.74 Å². The largest absolute Gasteiger partial charge is 0.497 e. The lowest BCUT2D eigenvalue weighted by atomic mass is 9.70. The number of rotatable bonds is 3. The molecule has 4 saturated heterocycles. The van der Waals surface area contributed by atoms with E-state index in [0.29, 0.717) is 5.92 Å². The number of benzene rings is 1. The quantitative estimate of drug-likeness (QED) is 0.776. The normalized spacial score (nSPS) is 36.6. The summed E-state index contributed by atoms with van der Waals surface area (Å²) in [6, 6.07) is 9.45. The van der Waals surface area contributed by atoms with Gasteiger partial charge in [0, 0.05) is 42.7 Å². The van der Waals surface area contributed by atoms with Gasteiger partial charge in [-0.25, -0.2) is 0 Å². The molecule has 1 aromatic carbocycles. The number of methoxy groups -OCH3 is 1. The molecule has 1 aromatic heterocycles. The van der Waals surface area contributed by atoms with E-state index in [1.807, 2.05) is 12.3 Å². The molecule has 0 aliphatic carbocycles. The second-order valence-corrected chi connectivity index (χ2v) is 8.55. The Bertz CT molecular complexity index is 804. The first kappa shape index (κ1) is 15.6. The molecule has 0 unspecified atom stereocenters. The molecular weight excluding hydrogens is 308 g/mol. The Morgan fingerprint density at radius 1 is 1.20 bits per heavy atom. The lowest BCUT2D eigenvalue weighted by molar-refractivity contribution is -0.959. The van der Waals surface area contributed by atoms with Crippen LogP contribution in [-0.2, 0) is 0 Å². The number of piperidine rings is 3. The highest BCUT2D eigenvalue weighted by Crippen LogP contribution is 2.53. The zero-order valence-corrected chi connectivity index (χ0v) is 15.4. The molecule has 4 aliphatic rings. The Kier molecular flexibility index (Phi) is 3.56. The molecule has 0 N–H and O–H groups in total. The van der Waals surface area contributed by atoms with Gasteiger partial charge in [-0.1, -0.05) is 6.92 Å². The summed E-state index contributed by atoms with van der Waals surface area (Å²) in [6.07, 6.45) is 7.63. The van der Waals surface area contributed by atoms with Crippen molar-refractivity contribution in [3.8, 4) is 5.75 Å². The van der Waals surface area contributed by atoms with Crippen LogP contribution < -0.4 is 4.74 Å². The standard InChI is InChI=1S/C22H29N2O/c1-3-15-14-24-10-7-16(15)12-22(24)19(8-11-24)18-6-9-23-21-5-4-17(25-2)13-20(18)21/h4-6,9,13,15-16,19,22H,3,7-8,10-12,14H2,1-2H3/q+1/t15-,16-,19-,22-,24+/m0/s1. The van der Waals surface area contributed by atoms with Crippen molar-refractivity contribution in [1.29, 1.82) is 0 Å². The molecule has 3 heteroatoms. The number of quaternary nitrogens is 1. The van der Waals surface area contributed by atoms with Gasteiger partial charge in [0.1, 0.15) is 5.75 Å². The maximum absolute atomic E-state index is 5.49. The summed E-state index contributed by atoms with van der Waals surface area (Å²) in [6.45, 7) is 6.64. The average Bonchev–Trinajstić information content (AvgIpc) is 3.05. The monoisotopic (exact) mass is 337 g/mol. The van der Waals surface area contributed by atoms with E-state index in [1.165, 1.54) is 60.8 Å². The summed E-state index contributed by atoms with van der Waals surface area (Å²) in [5, 5.41) is 1.31. The highest BCUT2D eigenvalue weighted by molar-refractivity contribution is 5.84. The second kappa shape index (κ2) is 5.70. The lowest BCUT2D eigenvalue weighted by Gasteiger charge is -2.55. The lowest BCUT2D eigenvalue weighted by Crippen LogP contribution is -2.64. The summed E-state index contributed by atoms with van der Waals surface area (Å²) in [4.78, 5) is 4.60.